The summed E-state index contributed by atoms with van der Waals surface area (Å²) >= 11 is 0.728. The Balaban J connectivity index is 1.84. The Morgan fingerprint density at radius 2 is 1.87 bits per heavy atom. The van der Waals surface area contributed by atoms with Crippen LogP contribution in [0.3, 0.4) is 0 Å². The van der Waals surface area contributed by atoms with Crippen LogP contribution in [0.2, 0.25) is 0 Å². The second-order valence-electron chi connectivity index (χ2n) is 6.47. The fourth-order valence-corrected chi connectivity index (χ4v) is 3.87. The number of rotatable bonds is 5. The van der Waals surface area contributed by atoms with Crippen molar-refractivity contribution in [2.24, 2.45) is 0 Å². The van der Waals surface area contributed by atoms with Crippen molar-refractivity contribution in [3.8, 4) is 11.3 Å². The van der Waals surface area contributed by atoms with E-state index in [1.54, 1.807) is 30.3 Å². The van der Waals surface area contributed by atoms with Crippen LogP contribution in [0.25, 0.3) is 17.4 Å². The molecule has 1 fully saturated rings. The molecule has 0 bridgehead atoms. The number of aryl methyl sites for hydroxylation is 1. The lowest BCUT2D eigenvalue weighted by molar-refractivity contribution is -0.148. The fraction of sp³-hybridized carbons (Fsp3) is 0.238. The molecule has 0 aliphatic carbocycles. The molecule has 3 rings (SSSR count). The van der Waals surface area contributed by atoms with Crippen molar-refractivity contribution in [1.82, 2.24) is 4.90 Å². The number of amides is 2. The van der Waals surface area contributed by atoms with Gasteiger partial charge in [-0.1, -0.05) is 6.07 Å². The van der Waals surface area contributed by atoms with Crippen LogP contribution in [0.15, 0.2) is 39.7 Å². The zero-order valence-corrected chi connectivity index (χ0v) is 17.6. The Hall–Kier alpha value is -3.33. The van der Waals surface area contributed by atoms with Gasteiger partial charge in [0.2, 0.25) is 0 Å². The summed E-state index contributed by atoms with van der Waals surface area (Å²) in [7, 11) is 2.51. The third kappa shape index (κ3) is 4.02. The highest BCUT2D eigenvalue weighted by Gasteiger charge is 2.41. The van der Waals surface area contributed by atoms with Crippen LogP contribution in [0.4, 0.5) is 4.79 Å². The fourth-order valence-electron chi connectivity index (χ4n) is 2.98. The molecule has 1 aliphatic rings. The normalized spacial score (nSPS) is 16.1. The van der Waals surface area contributed by atoms with Gasteiger partial charge in [0.25, 0.3) is 11.1 Å². The van der Waals surface area contributed by atoms with E-state index < -0.39 is 29.1 Å². The van der Waals surface area contributed by atoms with Crippen molar-refractivity contribution in [3.63, 3.8) is 0 Å². The molecule has 0 saturated carbocycles. The number of methoxy groups -OCH3 is 2. The Morgan fingerprint density at radius 1 is 1.13 bits per heavy atom. The van der Waals surface area contributed by atoms with E-state index in [1.807, 2.05) is 6.92 Å². The molecule has 1 aromatic heterocycles. The number of carbonyl (C=O) groups excluding carboxylic acids is 4. The molecule has 2 heterocycles. The smallest absolute Gasteiger partial charge is 0.337 e. The van der Waals surface area contributed by atoms with Crippen molar-refractivity contribution >= 4 is 40.9 Å². The van der Waals surface area contributed by atoms with Crippen molar-refractivity contribution in [3.05, 3.63) is 52.1 Å². The van der Waals surface area contributed by atoms with Gasteiger partial charge < -0.3 is 13.9 Å². The molecular weight excluding hydrogens is 410 g/mol. The van der Waals surface area contributed by atoms with Gasteiger partial charge in [0.15, 0.2) is 0 Å². The zero-order valence-electron chi connectivity index (χ0n) is 16.8. The van der Waals surface area contributed by atoms with E-state index in [4.69, 9.17) is 9.15 Å². The summed E-state index contributed by atoms with van der Waals surface area (Å²) in [6.07, 6.45) is 1.45. The van der Waals surface area contributed by atoms with Gasteiger partial charge in [-0.25, -0.2) is 9.59 Å². The first kappa shape index (κ1) is 21.4. The molecule has 1 aromatic carbocycles. The molecule has 0 radical (unpaired) electrons. The van der Waals surface area contributed by atoms with Gasteiger partial charge in [-0.15, -0.1) is 0 Å². The predicted molar refractivity (Wildman–Crippen MR) is 110 cm³/mol. The maximum absolute atomic E-state index is 12.6. The van der Waals surface area contributed by atoms with Gasteiger partial charge in [-0.3, -0.25) is 14.5 Å². The Kier molecular flexibility index (Phi) is 6.12. The molecule has 2 aromatic rings. The quantitative estimate of drug-likeness (QED) is 0.524. The highest BCUT2D eigenvalue weighted by Crippen LogP contribution is 2.35. The summed E-state index contributed by atoms with van der Waals surface area (Å²) in [6.45, 7) is 3.26. The first-order valence-corrected chi connectivity index (χ1v) is 9.72. The van der Waals surface area contributed by atoms with Gasteiger partial charge in [0.05, 0.1) is 24.7 Å². The van der Waals surface area contributed by atoms with Crippen LogP contribution in [0.1, 0.15) is 28.6 Å². The number of esters is 2. The molecule has 156 valence electrons. The summed E-state index contributed by atoms with van der Waals surface area (Å²) in [4.78, 5) is 49.1. The van der Waals surface area contributed by atoms with Crippen LogP contribution < -0.4 is 0 Å². The number of furan rings is 1. The lowest BCUT2D eigenvalue weighted by Crippen LogP contribution is -2.42. The molecule has 1 unspecified atom stereocenters. The van der Waals surface area contributed by atoms with Crippen LogP contribution in [-0.2, 0) is 19.1 Å². The van der Waals surface area contributed by atoms with E-state index >= 15 is 0 Å². The second-order valence-corrected chi connectivity index (χ2v) is 7.47. The van der Waals surface area contributed by atoms with Crippen LogP contribution in [0, 0.1) is 6.92 Å². The van der Waals surface area contributed by atoms with Gasteiger partial charge in [0.1, 0.15) is 17.6 Å². The Morgan fingerprint density at radius 3 is 2.50 bits per heavy atom. The maximum Gasteiger partial charge on any atom is 0.337 e. The molecule has 30 heavy (non-hydrogen) atoms. The van der Waals surface area contributed by atoms with Gasteiger partial charge in [-0.2, -0.15) is 0 Å². The number of hydrogen-bond acceptors (Lipinski definition) is 8. The maximum atomic E-state index is 12.6. The summed E-state index contributed by atoms with van der Waals surface area (Å²) in [6, 6.07) is 7.46. The van der Waals surface area contributed by atoms with E-state index in [0.29, 0.717) is 17.1 Å². The number of thioether (sulfide) groups is 1. The minimum Gasteiger partial charge on any atom is -0.467 e. The molecule has 1 atom stereocenters. The second kappa shape index (κ2) is 8.58. The lowest BCUT2D eigenvalue weighted by atomic mass is 10.0. The van der Waals surface area contributed by atoms with Crippen LogP contribution in [0.5, 0.6) is 0 Å². The highest BCUT2D eigenvalue weighted by atomic mass is 32.2. The average Bonchev–Trinajstić information content (AvgIpc) is 3.30. The standard InChI is InChI=1S/C21H19NO7S/c1-11-9-13(20(25)28-4)5-7-15(11)16-8-6-14(29-16)10-17-18(23)22(21(26)30-17)12(2)19(24)27-3/h5-10,12H,1-4H3/b17-10+. The molecule has 9 heteroatoms. The molecule has 1 saturated heterocycles. The average molecular weight is 429 g/mol. The number of hydrogen-bond donors (Lipinski definition) is 0. The number of imide groups is 1. The van der Waals surface area contributed by atoms with Gasteiger partial charge in [-0.05, 0) is 55.4 Å². The molecule has 0 spiro atoms. The molecular formula is C21H19NO7S. The summed E-state index contributed by atoms with van der Waals surface area (Å²) in [5, 5.41) is -0.551. The van der Waals surface area contributed by atoms with Crippen LogP contribution >= 0.6 is 11.8 Å². The van der Waals surface area contributed by atoms with Crippen molar-refractivity contribution in [2.45, 2.75) is 19.9 Å². The summed E-state index contributed by atoms with van der Waals surface area (Å²) in [5.41, 5.74) is 2.01. The van der Waals surface area contributed by atoms with Crippen molar-refractivity contribution < 1.29 is 33.1 Å². The largest absolute Gasteiger partial charge is 0.467 e. The Labute approximate surface area is 176 Å². The number of benzene rings is 1. The van der Waals surface area contributed by atoms with Crippen molar-refractivity contribution in [2.75, 3.05) is 14.2 Å². The minimum absolute atomic E-state index is 0.148. The molecule has 0 N–H and O–H groups in total. The third-order valence-corrected chi connectivity index (χ3v) is 5.45. The zero-order chi connectivity index (χ0) is 22.0. The van der Waals surface area contributed by atoms with Gasteiger partial charge in [0, 0.05) is 11.6 Å². The monoisotopic (exact) mass is 429 g/mol. The first-order chi connectivity index (χ1) is 14.3. The van der Waals surface area contributed by atoms with E-state index in [2.05, 4.69) is 4.74 Å². The molecule has 8 nitrogen and oxygen atoms in total. The molecule has 2 amide bonds. The van der Waals surface area contributed by atoms with E-state index in [9.17, 15) is 19.2 Å². The molecule has 1 aliphatic heterocycles. The number of ether oxygens (including phenoxy) is 2. The summed E-state index contributed by atoms with van der Waals surface area (Å²) < 4.78 is 15.1. The SMILES string of the molecule is COC(=O)c1ccc(-c2ccc(/C=C3/SC(=O)N(C(C)C(=O)OC)C3=O)o2)c(C)c1. The highest BCUT2D eigenvalue weighted by molar-refractivity contribution is 8.18. The van der Waals surface area contributed by atoms with Gasteiger partial charge >= 0.3 is 11.9 Å². The van der Waals surface area contributed by atoms with Crippen LogP contribution in [-0.4, -0.2) is 48.2 Å². The third-order valence-electron chi connectivity index (χ3n) is 4.57. The number of nitrogens with zero attached hydrogens (tertiary/aromatic N) is 1. The van der Waals surface area contributed by atoms with Crippen molar-refractivity contribution in [1.29, 1.82) is 0 Å². The van der Waals surface area contributed by atoms with E-state index in [1.165, 1.54) is 27.2 Å². The summed E-state index contributed by atoms with van der Waals surface area (Å²) in [5.74, 6) is -0.777. The first-order valence-electron chi connectivity index (χ1n) is 8.91. The minimum atomic E-state index is -1.02. The lowest BCUT2D eigenvalue weighted by Gasteiger charge is -2.18. The number of carbonyl (C=O) groups is 4. The predicted octanol–water partition coefficient (Wildman–Crippen LogP) is 3.64. The topological polar surface area (TPSA) is 103 Å². The van der Waals surface area contributed by atoms with E-state index in [-0.39, 0.29) is 4.91 Å². The Bertz CT molecular complexity index is 1070. The van der Waals surface area contributed by atoms with E-state index in [0.717, 1.165) is 27.8 Å².